The van der Waals surface area contributed by atoms with Crippen molar-refractivity contribution in [3.05, 3.63) is 34.7 Å². The van der Waals surface area contributed by atoms with E-state index in [1.165, 1.54) is 30.1 Å². The minimum absolute atomic E-state index is 1.15. The van der Waals surface area contributed by atoms with Gasteiger partial charge in [-0.2, -0.15) is 0 Å². The number of rotatable bonds is 3. The topological polar surface area (TPSA) is 0 Å². The third-order valence-corrected chi connectivity index (χ3v) is 2.38. The second-order valence-electron chi connectivity index (χ2n) is 3.54. The molecule has 0 aliphatic rings. The van der Waals surface area contributed by atoms with Gasteiger partial charge in [-0.15, -0.1) is 0 Å². The van der Waals surface area contributed by atoms with E-state index in [2.05, 4.69) is 38.6 Å². The van der Waals surface area contributed by atoms with Crippen LogP contribution in [0.2, 0.25) is 0 Å². The molecule has 0 radical (unpaired) electrons. The molecule has 0 fully saturated rings. The first-order valence-corrected chi connectivity index (χ1v) is 4.99. The van der Waals surface area contributed by atoms with Gasteiger partial charge in [-0.3, -0.25) is 0 Å². The van der Waals surface area contributed by atoms with Crippen LogP contribution in [0.15, 0.2) is 24.3 Å². The van der Waals surface area contributed by atoms with E-state index in [0.717, 1.165) is 5.22 Å². The van der Waals surface area contributed by atoms with Crippen molar-refractivity contribution in [2.24, 2.45) is 0 Å². The molecular weight excluding hydrogens is 156 g/mol. The molecule has 0 amide bonds. The normalized spacial score (nSPS) is 12.8. The third-order valence-electron chi connectivity index (χ3n) is 2.38. The van der Waals surface area contributed by atoms with E-state index in [1.807, 2.05) is 6.07 Å². The highest BCUT2D eigenvalue weighted by Crippen LogP contribution is 2.03. The highest BCUT2D eigenvalue weighted by molar-refractivity contribution is 5.42. The van der Waals surface area contributed by atoms with Crippen LogP contribution in [-0.4, -0.2) is 0 Å². The van der Waals surface area contributed by atoms with E-state index < -0.39 is 0 Å². The molecule has 0 saturated heterocycles. The minimum atomic E-state index is 1.15. The van der Waals surface area contributed by atoms with Crippen molar-refractivity contribution in [2.45, 2.75) is 33.1 Å². The highest BCUT2D eigenvalue weighted by Gasteiger charge is 1.91. The third kappa shape index (κ3) is 2.73. The summed E-state index contributed by atoms with van der Waals surface area (Å²) in [4.78, 5) is 0. The lowest BCUT2D eigenvalue weighted by Crippen LogP contribution is -2.24. The summed E-state index contributed by atoms with van der Waals surface area (Å²) in [7, 11) is 0. The van der Waals surface area contributed by atoms with Crippen LogP contribution in [0, 0.1) is 0 Å². The molecule has 0 atom stereocenters. The lowest BCUT2D eigenvalue weighted by molar-refractivity contribution is 0.818. The van der Waals surface area contributed by atoms with Gasteiger partial charge in [0, 0.05) is 0 Å². The SMILES string of the molecule is C=c1cccc/c1=C(\C)CCCC. The molecule has 0 heteroatoms. The molecule has 0 aliphatic heterocycles. The molecule has 1 rings (SSSR count). The molecule has 0 unspecified atom stereocenters. The van der Waals surface area contributed by atoms with Gasteiger partial charge >= 0.3 is 0 Å². The smallest absolute Gasteiger partial charge is 0.0201 e. The first kappa shape index (κ1) is 10.0. The van der Waals surface area contributed by atoms with Crippen LogP contribution in [0.1, 0.15) is 33.1 Å². The Morgan fingerprint density at radius 1 is 1.31 bits per heavy atom. The molecule has 0 aliphatic carbocycles. The number of unbranched alkanes of at least 4 members (excludes halogenated alkanes) is 1. The summed E-state index contributed by atoms with van der Waals surface area (Å²) in [5, 5.41) is 2.48. The number of hydrogen-bond acceptors (Lipinski definition) is 0. The van der Waals surface area contributed by atoms with Gasteiger partial charge in [-0.1, -0.05) is 49.8 Å². The molecule has 0 saturated carbocycles. The van der Waals surface area contributed by atoms with Crippen molar-refractivity contribution < 1.29 is 0 Å². The van der Waals surface area contributed by atoms with Gasteiger partial charge in [0.05, 0.1) is 0 Å². The molecule has 1 aromatic carbocycles. The maximum atomic E-state index is 4.03. The monoisotopic (exact) mass is 174 g/mol. The van der Waals surface area contributed by atoms with Gasteiger partial charge in [-0.25, -0.2) is 0 Å². The Balaban J connectivity index is 3.03. The fourth-order valence-corrected chi connectivity index (χ4v) is 1.51. The van der Waals surface area contributed by atoms with E-state index in [0.29, 0.717) is 0 Å². The summed E-state index contributed by atoms with van der Waals surface area (Å²) in [5.74, 6) is 0. The van der Waals surface area contributed by atoms with Crippen LogP contribution in [0.5, 0.6) is 0 Å². The van der Waals surface area contributed by atoms with Crippen molar-refractivity contribution in [3.8, 4) is 0 Å². The van der Waals surface area contributed by atoms with E-state index in [1.54, 1.807) is 0 Å². The molecule has 1 aromatic rings. The Hall–Kier alpha value is -1.04. The Morgan fingerprint density at radius 2 is 2.00 bits per heavy atom. The van der Waals surface area contributed by atoms with Crippen LogP contribution >= 0.6 is 0 Å². The second-order valence-corrected chi connectivity index (χ2v) is 3.54. The van der Waals surface area contributed by atoms with Gasteiger partial charge in [-0.05, 0) is 30.2 Å². The standard InChI is InChI=1S/C13H18/c1-4-5-8-11(2)13-10-7-6-9-12(13)3/h6-7,9-10H,3-5,8H2,1-2H3/b13-11-. The highest BCUT2D eigenvalue weighted by atomic mass is 14.0. The summed E-state index contributed by atoms with van der Waals surface area (Å²) in [6.45, 7) is 8.46. The second kappa shape index (κ2) is 4.86. The predicted molar refractivity (Wildman–Crippen MR) is 59.8 cm³/mol. The molecule has 0 spiro atoms. The van der Waals surface area contributed by atoms with Crippen molar-refractivity contribution in [1.82, 2.24) is 0 Å². The fourth-order valence-electron chi connectivity index (χ4n) is 1.51. The zero-order valence-electron chi connectivity index (χ0n) is 8.64. The average molecular weight is 174 g/mol. The predicted octanol–water partition coefficient (Wildman–Crippen LogP) is 2.46. The molecule has 0 nitrogen and oxygen atoms in total. The lowest BCUT2D eigenvalue weighted by atomic mass is 10.1. The summed E-state index contributed by atoms with van der Waals surface area (Å²) in [6, 6.07) is 8.36. The van der Waals surface area contributed by atoms with Crippen LogP contribution in [0.25, 0.3) is 12.2 Å². The average Bonchev–Trinajstić information content (AvgIpc) is 2.15. The largest absolute Gasteiger partial charge is 0.0912 e. The Labute approximate surface area is 80.6 Å². The molecular formula is C13H18. The summed E-state index contributed by atoms with van der Waals surface area (Å²) < 4.78 is 0. The van der Waals surface area contributed by atoms with Gasteiger partial charge in [0.2, 0.25) is 0 Å². The van der Waals surface area contributed by atoms with Crippen LogP contribution < -0.4 is 10.4 Å². The van der Waals surface area contributed by atoms with Gasteiger partial charge < -0.3 is 0 Å². The molecule has 0 N–H and O–H groups in total. The lowest BCUT2D eigenvalue weighted by Gasteiger charge is -1.99. The summed E-state index contributed by atoms with van der Waals surface area (Å²) in [6.07, 6.45) is 3.74. The van der Waals surface area contributed by atoms with E-state index >= 15 is 0 Å². The number of benzene rings is 1. The molecule has 0 heterocycles. The first-order valence-electron chi connectivity index (χ1n) is 4.99. The molecule has 13 heavy (non-hydrogen) atoms. The maximum Gasteiger partial charge on any atom is -0.0201 e. The van der Waals surface area contributed by atoms with Gasteiger partial charge in [0.1, 0.15) is 0 Å². The van der Waals surface area contributed by atoms with Gasteiger partial charge in [0.25, 0.3) is 0 Å². The molecule has 70 valence electrons. The Kier molecular flexibility index (Phi) is 3.75. The molecule has 0 bridgehead atoms. The zero-order chi connectivity index (χ0) is 9.68. The van der Waals surface area contributed by atoms with Crippen molar-refractivity contribution in [1.29, 1.82) is 0 Å². The molecule has 0 aromatic heterocycles. The van der Waals surface area contributed by atoms with Crippen LogP contribution in [0.4, 0.5) is 0 Å². The zero-order valence-corrected chi connectivity index (χ0v) is 8.64. The van der Waals surface area contributed by atoms with Crippen molar-refractivity contribution in [2.75, 3.05) is 0 Å². The van der Waals surface area contributed by atoms with Crippen molar-refractivity contribution in [3.63, 3.8) is 0 Å². The van der Waals surface area contributed by atoms with E-state index in [4.69, 9.17) is 0 Å². The van der Waals surface area contributed by atoms with E-state index in [-0.39, 0.29) is 0 Å². The minimum Gasteiger partial charge on any atom is -0.0912 e. The Morgan fingerprint density at radius 3 is 2.62 bits per heavy atom. The Bertz CT molecular complexity index is 360. The fraction of sp³-hybridized carbons (Fsp3) is 0.385. The van der Waals surface area contributed by atoms with Crippen molar-refractivity contribution >= 4 is 12.2 Å². The summed E-state index contributed by atoms with van der Waals surface area (Å²) in [5.41, 5.74) is 1.47. The summed E-state index contributed by atoms with van der Waals surface area (Å²) >= 11 is 0. The first-order chi connectivity index (χ1) is 6.25. The quantitative estimate of drug-likeness (QED) is 0.660. The number of hydrogen-bond donors (Lipinski definition) is 0. The van der Waals surface area contributed by atoms with Gasteiger partial charge in [0.15, 0.2) is 0 Å². The maximum absolute atomic E-state index is 4.03. The van der Waals surface area contributed by atoms with E-state index in [9.17, 15) is 0 Å². The van der Waals surface area contributed by atoms with Crippen LogP contribution in [-0.2, 0) is 0 Å². The van der Waals surface area contributed by atoms with Crippen LogP contribution in [0.3, 0.4) is 0 Å².